The van der Waals surface area contributed by atoms with Crippen molar-refractivity contribution in [1.29, 1.82) is 0 Å². The molecule has 0 fully saturated rings. The van der Waals surface area contributed by atoms with E-state index in [4.69, 9.17) is 0 Å². The predicted octanol–water partition coefficient (Wildman–Crippen LogP) is 3.12. The van der Waals surface area contributed by atoms with E-state index in [9.17, 15) is 39.6 Å². The first-order chi connectivity index (χ1) is 17.0. The molecule has 37 heavy (non-hydrogen) atoms. The second-order valence-electron chi connectivity index (χ2n) is 7.98. The van der Waals surface area contributed by atoms with Gasteiger partial charge in [0.2, 0.25) is 0 Å². The van der Waals surface area contributed by atoms with Gasteiger partial charge in [0.05, 0.1) is 23.0 Å². The number of sulfone groups is 1. The molecule has 0 aliphatic heterocycles. The number of imidazole rings is 1. The fourth-order valence-corrected chi connectivity index (χ4v) is 4.61. The van der Waals surface area contributed by atoms with E-state index in [0.29, 0.717) is 11.0 Å². The normalized spacial score (nSPS) is 13.0. The summed E-state index contributed by atoms with van der Waals surface area (Å²) in [5.74, 6) is -1.73. The van der Waals surface area contributed by atoms with Crippen molar-refractivity contribution in [3.63, 3.8) is 0 Å². The molecule has 17 heteroatoms. The Balaban J connectivity index is 2.00. The van der Waals surface area contributed by atoms with Crippen LogP contribution in [-0.2, 0) is 23.1 Å². The van der Waals surface area contributed by atoms with Gasteiger partial charge in [0.15, 0.2) is 20.5 Å². The first kappa shape index (κ1) is 26.3. The molecule has 0 radical (unpaired) electrons. The third kappa shape index (κ3) is 4.70. The Kier molecular flexibility index (Phi) is 6.16. The summed E-state index contributed by atoms with van der Waals surface area (Å²) in [6, 6.07) is 1.75. The zero-order valence-corrected chi connectivity index (χ0v) is 20.1. The Morgan fingerprint density at radius 3 is 2.41 bits per heavy atom. The van der Waals surface area contributed by atoms with Gasteiger partial charge in [0.25, 0.3) is 5.91 Å². The van der Waals surface area contributed by atoms with E-state index in [2.05, 4.69) is 20.1 Å². The summed E-state index contributed by atoms with van der Waals surface area (Å²) < 4.78 is 106. The van der Waals surface area contributed by atoms with E-state index in [1.807, 2.05) is 0 Å². The highest BCUT2D eigenvalue weighted by atomic mass is 32.2. The number of rotatable bonds is 5. The van der Waals surface area contributed by atoms with E-state index in [1.54, 1.807) is 0 Å². The molecule has 0 saturated heterocycles. The Bertz CT molecular complexity index is 1640. The van der Waals surface area contributed by atoms with Crippen LogP contribution in [0.4, 0.5) is 26.3 Å². The van der Waals surface area contributed by atoms with Gasteiger partial charge >= 0.3 is 12.4 Å². The summed E-state index contributed by atoms with van der Waals surface area (Å²) in [6.07, 6.45) is -7.46. The smallest absolute Gasteiger partial charge is 0.331 e. The van der Waals surface area contributed by atoms with Crippen LogP contribution in [-0.4, -0.2) is 73.9 Å². The fourth-order valence-electron chi connectivity index (χ4n) is 3.64. The number of carbonyl (C=O) groups excluding carboxylic acids is 1. The maximum atomic E-state index is 13.2. The van der Waals surface area contributed by atoms with Crippen molar-refractivity contribution in [2.24, 2.45) is 7.05 Å². The van der Waals surface area contributed by atoms with Gasteiger partial charge in [-0.05, 0) is 12.1 Å². The Morgan fingerprint density at radius 2 is 1.81 bits per heavy atom. The van der Waals surface area contributed by atoms with Gasteiger partial charge in [-0.2, -0.15) is 31.4 Å². The van der Waals surface area contributed by atoms with Crippen molar-refractivity contribution in [2.45, 2.75) is 24.3 Å². The summed E-state index contributed by atoms with van der Waals surface area (Å²) >= 11 is 0. The first-order valence-corrected chi connectivity index (χ1v) is 12.0. The van der Waals surface area contributed by atoms with Gasteiger partial charge in [0, 0.05) is 20.3 Å². The Morgan fingerprint density at radius 1 is 1.14 bits per heavy atom. The largest absolute Gasteiger partial charge is 0.433 e. The lowest BCUT2D eigenvalue weighted by Crippen LogP contribution is -2.36. The fraction of sp³-hybridized carbons (Fsp3) is 0.350. The lowest BCUT2D eigenvalue weighted by molar-refractivity contribution is -0.141. The molecule has 10 nitrogen and oxygen atoms in total. The molecule has 1 amide bonds. The summed E-state index contributed by atoms with van der Waals surface area (Å²) in [6.45, 7) is -0.267. The van der Waals surface area contributed by atoms with Crippen molar-refractivity contribution < 1.29 is 39.6 Å². The Labute approximate surface area is 204 Å². The van der Waals surface area contributed by atoms with E-state index >= 15 is 0 Å². The van der Waals surface area contributed by atoms with Crippen LogP contribution >= 0.6 is 0 Å². The number of amides is 1. The molecule has 0 aliphatic rings. The third-order valence-electron chi connectivity index (χ3n) is 5.42. The summed E-state index contributed by atoms with van der Waals surface area (Å²) in [5.41, 5.74) is -2.15. The van der Waals surface area contributed by atoms with Crippen LogP contribution in [0, 0.1) is 0 Å². The third-order valence-corrected chi connectivity index (χ3v) is 7.06. The molecule has 198 valence electrons. The topological polar surface area (TPSA) is 115 Å². The second kappa shape index (κ2) is 8.67. The number of hydrogen-bond donors (Lipinski definition) is 0. The number of fused-ring (bicyclic) bond motifs is 2. The van der Waals surface area contributed by atoms with Crippen LogP contribution in [0.15, 0.2) is 29.6 Å². The maximum absolute atomic E-state index is 13.2. The van der Waals surface area contributed by atoms with Crippen molar-refractivity contribution in [3.8, 4) is 11.4 Å². The molecule has 0 aliphatic carbocycles. The minimum Gasteiger partial charge on any atom is -0.331 e. The zero-order chi connectivity index (χ0) is 27.5. The van der Waals surface area contributed by atoms with E-state index in [0.717, 1.165) is 30.0 Å². The molecule has 0 unspecified atom stereocenters. The molecular weight excluding hydrogens is 532 g/mol. The number of aromatic nitrogens is 6. The number of aryl methyl sites for hydroxylation is 1. The quantitative estimate of drug-likeness (QED) is 0.352. The zero-order valence-electron chi connectivity index (χ0n) is 19.3. The van der Waals surface area contributed by atoms with E-state index in [-0.39, 0.29) is 28.1 Å². The lowest BCUT2D eigenvalue weighted by atomic mass is 10.3. The minimum atomic E-state index is -4.76. The molecule has 0 atom stereocenters. The molecule has 0 spiro atoms. The van der Waals surface area contributed by atoms with Crippen LogP contribution in [0.5, 0.6) is 0 Å². The van der Waals surface area contributed by atoms with Gasteiger partial charge in [0.1, 0.15) is 29.3 Å². The molecular formula is C20H17F6N7O3S. The maximum Gasteiger partial charge on any atom is 0.433 e. The van der Waals surface area contributed by atoms with Crippen LogP contribution in [0.1, 0.15) is 23.1 Å². The minimum absolute atomic E-state index is 0.124. The van der Waals surface area contributed by atoms with Crippen molar-refractivity contribution >= 4 is 32.4 Å². The number of halogens is 6. The summed E-state index contributed by atoms with van der Waals surface area (Å²) in [5, 5.41) is 3.39. The number of nitrogens with zero attached hydrogens (tertiary/aromatic N) is 7. The molecule has 4 rings (SSSR count). The van der Waals surface area contributed by atoms with Gasteiger partial charge in [-0.3, -0.25) is 4.79 Å². The van der Waals surface area contributed by atoms with E-state index < -0.39 is 56.8 Å². The number of alkyl halides is 6. The number of hydrogen-bond acceptors (Lipinski definition) is 7. The van der Waals surface area contributed by atoms with Crippen LogP contribution in [0.2, 0.25) is 0 Å². The molecule has 0 saturated carbocycles. The highest BCUT2D eigenvalue weighted by Crippen LogP contribution is 2.35. The van der Waals surface area contributed by atoms with Gasteiger partial charge in [-0.1, -0.05) is 6.92 Å². The van der Waals surface area contributed by atoms with Crippen LogP contribution in [0.25, 0.3) is 28.1 Å². The van der Waals surface area contributed by atoms with Crippen LogP contribution in [0.3, 0.4) is 0 Å². The first-order valence-electron chi connectivity index (χ1n) is 10.4. The highest BCUT2D eigenvalue weighted by Gasteiger charge is 2.35. The number of pyridine rings is 1. The monoisotopic (exact) mass is 549 g/mol. The number of carbonyl (C=O) groups is 1. The molecule has 4 aromatic rings. The van der Waals surface area contributed by atoms with Crippen molar-refractivity contribution in [1.82, 2.24) is 34.0 Å². The molecule has 4 aromatic heterocycles. The molecule has 0 bridgehead atoms. The van der Waals surface area contributed by atoms with Gasteiger partial charge in [-0.15, -0.1) is 0 Å². The average molecular weight is 549 g/mol. The predicted molar refractivity (Wildman–Crippen MR) is 116 cm³/mol. The summed E-state index contributed by atoms with van der Waals surface area (Å²) in [7, 11) is -1.83. The lowest BCUT2D eigenvalue weighted by Gasteiger charge is -2.19. The second-order valence-corrected chi connectivity index (χ2v) is 10.2. The summed E-state index contributed by atoms with van der Waals surface area (Å²) in [4.78, 5) is 24.8. The standard InChI is InChI=1S/C20H17F6N7O3S/c1-4-37(35,36)17-14(16-29-10-7-13(20(24,25)26)28-8-12(10)32(16)3)15-27-6-5-11(33(15)30-17)18(34)31(2)9-19(21,22)23/h5-8H,4,9H2,1-3H3. The molecule has 4 heterocycles. The molecule has 0 aromatic carbocycles. The average Bonchev–Trinajstić information content (AvgIpc) is 3.34. The van der Waals surface area contributed by atoms with Gasteiger partial charge in [-0.25, -0.2) is 27.9 Å². The molecule has 0 N–H and O–H groups in total. The SMILES string of the molecule is CCS(=O)(=O)c1nn2c(C(=O)N(C)CC(F)(F)F)ccnc2c1-c1nc2cc(C(F)(F)F)ncc2n1C. The highest BCUT2D eigenvalue weighted by molar-refractivity contribution is 7.91. The van der Waals surface area contributed by atoms with Crippen molar-refractivity contribution in [3.05, 3.63) is 35.9 Å². The van der Waals surface area contributed by atoms with E-state index in [1.165, 1.54) is 18.5 Å². The Hall–Kier alpha value is -3.76. The van der Waals surface area contributed by atoms with Gasteiger partial charge < -0.3 is 9.47 Å². The van der Waals surface area contributed by atoms with Crippen LogP contribution < -0.4 is 0 Å². The van der Waals surface area contributed by atoms with Crippen molar-refractivity contribution in [2.75, 3.05) is 19.3 Å².